The van der Waals surface area contributed by atoms with E-state index in [4.69, 9.17) is 23.7 Å². The van der Waals surface area contributed by atoms with E-state index < -0.39 is 48.4 Å². The van der Waals surface area contributed by atoms with E-state index in [2.05, 4.69) is 0 Å². The van der Waals surface area contributed by atoms with Crippen molar-refractivity contribution in [3.8, 4) is 0 Å². The van der Waals surface area contributed by atoms with Crippen LogP contribution in [0.4, 0.5) is 0 Å². The largest absolute Gasteiger partial charge is 0.459 e. The van der Waals surface area contributed by atoms with Crippen LogP contribution in [0.15, 0.2) is 60.7 Å². The number of aliphatic hydroxyl groups is 1. The molecule has 1 N–H and O–H groups in total. The highest BCUT2D eigenvalue weighted by atomic mass is 16.8. The van der Waals surface area contributed by atoms with E-state index in [-0.39, 0.29) is 6.61 Å². The molecular weight excluding hydrogens is 404 g/mol. The lowest BCUT2D eigenvalue weighted by Gasteiger charge is -2.29. The van der Waals surface area contributed by atoms with Gasteiger partial charge in [-0.05, 0) is 38.1 Å². The Morgan fingerprint density at radius 1 is 0.871 bits per heavy atom. The van der Waals surface area contributed by atoms with Crippen molar-refractivity contribution >= 4 is 11.9 Å². The Balaban J connectivity index is 1.43. The van der Waals surface area contributed by atoms with Gasteiger partial charge in [0.25, 0.3) is 0 Å². The summed E-state index contributed by atoms with van der Waals surface area (Å²) in [5.41, 5.74) is 0.742. The quantitative estimate of drug-likeness (QED) is 0.700. The van der Waals surface area contributed by atoms with Gasteiger partial charge < -0.3 is 28.8 Å². The summed E-state index contributed by atoms with van der Waals surface area (Å²) in [6, 6.07) is 16.9. The SMILES string of the molecule is CC1(C)O[C@H]2[C@@H](O1)[C@@](O)(COC(=O)c1ccccc1)O[C@@H]2COC(=O)c1ccccc1. The first-order valence-corrected chi connectivity index (χ1v) is 9.98. The minimum absolute atomic E-state index is 0.163. The molecule has 4 atom stereocenters. The van der Waals surface area contributed by atoms with Crippen molar-refractivity contribution in [2.45, 2.75) is 43.7 Å². The fraction of sp³-hybridized carbons (Fsp3) is 0.391. The summed E-state index contributed by atoms with van der Waals surface area (Å²) in [5.74, 6) is -4.07. The third-order valence-corrected chi connectivity index (χ3v) is 5.10. The molecule has 31 heavy (non-hydrogen) atoms. The molecule has 8 heteroatoms. The second-order valence-corrected chi connectivity index (χ2v) is 7.93. The highest BCUT2D eigenvalue weighted by Gasteiger charge is 2.63. The molecule has 2 heterocycles. The average molecular weight is 428 g/mol. The number of rotatable bonds is 6. The van der Waals surface area contributed by atoms with Gasteiger partial charge in [0.05, 0.1) is 11.1 Å². The monoisotopic (exact) mass is 428 g/mol. The summed E-state index contributed by atoms with van der Waals surface area (Å²) in [5, 5.41) is 11.1. The normalized spacial score (nSPS) is 28.7. The van der Waals surface area contributed by atoms with Crippen LogP contribution in [0.1, 0.15) is 34.6 Å². The maximum atomic E-state index is 12.3. The van der Waals surface area contributed by atoms with Gasteiger partial charge in [-0.3, -0.25) is 0 Å². The first-order valence-electron chi connectivity index (χ1n) is 9.98. The highest BCUT2D eigenvalue weighted by Crippen LogP contribution is 2.43. The maximum absolute atomic E-state index is 12.3. The van der Waals surface area contributed by atoms with Crippen LogP contribution in [0.3, 0.4) is 0 Å². The van der Waals surface area contributed by atoms with E-state index in [0.717, 1.165) is 0 Å². The van der Waals surface area contributed by atoms with Crippen LogP contribution in [0.25, 0.3) is 0 Å². The van der Waals surface area contributed by atoms with E-state index in [1.165, 1.54) is 0 Å². The zero-order valence-corrected chi connectivity index (χ0v) is 17.2. The van der Waals surface area contributed by atoms with Crippen molar-refractivity contribution in [2.24, 2.45) is 0 Å². The molecular formula is C23H24O8. The molecule has 0 spiro atoms. The van der Waals surface area contributed by atoms with Gasteiger partial charge in [0, 0.05) is 0 Å². The fourth-order valence-electron chi connectivity index (χ4n) is 3.69. The molecule has 0 aliphatic carbocycles. The van der Waals surface area contributed by atoms with Gasteiger partial charge in [-0.1, -0.05) is 36.4 Å². The summed E-state index contributed by atoms with van der Waals surface area (Å²) >= 11 is 0. The number of ether oxygens (including phenoxy) is 5. The van der Waals surface area contributed by atoms with Crippen LogP contribution in [-0.2, 0) is 23.7 Å². The van der Waals surface area contributed by atoms with E-state index >= 15 is 0 Å². The van der Waals surface area contributed by atoms with E-state index in [0.29, 0.717) is 11.1 Å². The number of hydrogen-bond acceptors (Lipinski definition) is 8. The Hall–Kier alpha value is -2.78. The van der Waals surface area contributed by atoms with E-state index in [1.807, 2.05) is 0 Å². The molecule has 4 rings (SSSR count). The Kier molecular flexibility index (Phi) is 5.81. The number of esters is 2. The minimum atomic E-state index is -1.95. The number of hydrogen-bond donors (Lipinski definition) is 1. The Bertz CT molecular complexity index is 929. The predicted octanol–water partition coefficient (Wildman–Crippen LogP) is 2.31. The fourth-order valence-corrected chi connectivity index (χ4v) is 3.69. The minimum Gasteiger partial charge on any atom is -0.459 e. The van der Waals surface area contributed by atoms with Gasteiger partial charge in [-0.25, -0.2) is 9.59 Å². The zero-order chi connectivity index (χ0) is 22.1. The van der Waals surface area contributed by atoms with Crippen molar-refractivity contribution < 1.29 is 38.4 Å². The van der Waals surface area contributed by atoms with Crippen molar-refractivity contribution in [2.75, 3.05) is 13.2 Å². The molecule has 2 saturated heterocycles. The van der Waals surface area contributed by atoms with Gasteiger partial charge in [0.1, 0.15) is 31.5 Å². The maximum Gasteiger partial charge on any atom is 0.338 e. The smallest absolute Gasteiger partial charge is 0.338 e. The summed E-state index contributed by atoms with van der Waals surface area (Å²) < 4.78 is 28.1. The third kappa shape index (κ3) is 4.62. The summed E-state index contributed by atoms with van der Waals surface area (Å²) in [6.45, 7) is 2.78. The number of benzene rings is 2. The molecule has 0 aromatic heterocycles. The Labute approximate surface area is 179 Å². The molecule has 164 valence electrons. The lowest BCUT2D eigenvalue weighted by molar-refractivity contribution is -0.286. The second kappa shape index (κ2) is 8.39. The second-order valence-electron chi connectivity index (χ2n) is 7.93. The molecule has 0 saturated carbocycles. The number of fused-ring (bicyclic) bond motifs is 1. The van der Waals surface area contributed by atoms with Crippen LogP contribution in [0.2, 0.25) is 0 Å². The average Bonchev–Trinajstić information content (AvgIpc) is 3.23. The standard InChI is InChI=1S/C23H24O8/c1-22(2)30-18-17(13-27-20(24)15-9-5-3-6-10-15)29-23(26,19(18)31-22)14-28-21(25)16-11-7-4-8-12-16/h3-12,17-19,26H,13-14H2,1-2H3/t17-,18-,19-,23-/m1/s1. The van der Waals surface area contributed by atoms with Gasteiger partial charge in [0.15, 0.2) is 5.79 Å². The molecule has 2 aromatic carbocycles. The van der Waals surface area contributed by atoms with Crippen LogP contribution in [-0.4, -0.2) is 60.1 Å². The summed E-state index contributed by atoms with van der Waals surface area (Å²) in [7, 11) is 0. The van der Waals surface area contributed by atoms with Gasteiger partial charge >= 0.3 is 11.9 Å². The van der Waals surface area contributed by atoms with E-state index in [1.54, 1.807) is 74.5 Å². The Morgan fingerprint density at radius 2 is 1.42 bits per heavy atom. The lowest BCUT2D eigenvalue weighted by Crippen LogP contribution is -2.47. The molecule has 0 bridgehead atoms. The molecule has 2 aliphatic heterocycles. The predicted molar refractivity (Wildman–Crippen MR) is 107 cm³/mol. The van der Waals surface area contributed by atoms with Crippen LogP contribution >= 0.6 is 0 Å². The summed E-state index contributed by atoms with van der Waals surface area (Å²) in [4.78, 5) is 24.6. The molecule has 8 nitrogen and oxygen atoms in total. The first-order chi connectivity index (χ1) is 14.8. The molecule has 0 radical (unpaired) electrons. The zero-order valence-electron chi connectivity index (χ0n) is 17.2. The van der Waals surface area contributed by atoms with Crippen LogP contribution < -0.4 is 0 Å². The first kappa shape index (κ1) is 21.5. The van der Waals surface area contributed by atoms with Crippen molar-refractivity contribution in [3.05, 3.63) is 71.8 Å². The van der Waals surface area contributed by atoms with Gasteiger partial charge in [-0.2, -0.15) is 0 Å². The van der Waals surface area contributed by atoms with Gasteiger partial charge in [-0.15, -0.1) is 0 Å². The van der Waals surface area contributed by atoms with Crippen LogP contribution in [0, 0.1) is 0 Å². The molecule has 0 unspecified atom stereocenters. The van der Waals surface area contributed by atoms with Crippen LogP contribution in [0.5, 0.6) is 0 Å². The number of carbonyl (C=O) groups excluding carboxylic acids is 2. The molecule has 2 aromatic rings. The topological polar surface area (TPSA) is 101 Å². The molecule has 0 amide bonds. The number of carbonyl (C=O) groups is 2. The molecule has 2 aliphatic rings. The molecule has 2 fully saturated rings. The summed E-state index contributed by atoms with van der Waals surface area (Å²) in [6.07, 6.45) is -2.44. The van der Waals surface area contributed by atoms with Crippen molar-refractivity contribution in [3.63, 3.8) is 0 Å². The van der Waals surface area contributed by atoms with E-state index in [9.17, 15) is 14.7 Å². The lowest BCUT2D eigenvalue weighted by atomic mass is 10.1. The van der Waals surface area contributed by atoms with Crippen molar-refractivity contribution in [1.29, 1.82) is 0 Å². The Morgan fingerprint density at radius 3 is 2.00 bits per heavy atom. The highest BCUT2D eigenvalue weighted by molar-refractivity contribution is 5.89. The van der Waals surface area contributed by atoms with Gasteiger partial charge in [0.2, 0.25) is 5.79 Å². The van der Waals surface area contributed by atoms with Crippen molar-refractivity contribution in [1.82, 2.24) is 0 Å². The third-order valence-electron chi connectivity index (χ3n) is 5.10.